The molecule has 3 heterocycles. The Morgan fingerprint density at radius 2 is 1.56 bits per heavy atom. The molecule has 10 nitrogen and oxygen atoms in total. The van der Waals surface area contributed by atoms with Crippen LogP contribution in [0.25, 0.3) is 11.0 Å². The van der Waals surface area contributed by atoms with Crippen molar-refractivity contribution in [2.75, 3.05) is 13.2 Å². The standard InChI is InChI=1S/C22H26N6O4/c1-17-10-21(29)32-20-12-18(30-8-4-2-6-27-15-23-13-25-27)11-19(22(17)20)31-9-5-3-7-28-16-24-14-26-28/h10-16H,2-9H2,1H3/p+2. The summed E-state index contributed by atoms with van der Waals surface area (Å²) in [4.78, 5) is 19.9. The summed E-state index contributed by atoms with van der Waals surface area (Å²) in [6, 6.07) is 5.12. The molecule has 0 aliphatic rings. The molecule has 0 amide bonds. The molecule has 0 aliphatic carbocycles. The first-order valence-electron chi connectivity index (χ1n) is 10.8. The molecule has 0 atom stereocenters. The molecule has 0 bridgehead atoms. The van der Waals surface area contributed by atoms with Crippen LogP contribution in [0.5, 0.6) is 11.5 Å². The smallest absolute Gasteiger partial charge is 0.336 e. The summed E-state index contributed by atoms with van der Waals surface area (Å²) in [5.74, 6) is 1.30. The first-order chi connectivity index (χ1) is 15.7. The van der Waals surface area contributed by atoms with Crippen LogP contribution in [0.4, 0.5) is 0 Å². The molecule has 10 heteroatoms. The zero-order valence-corrected chi connectivity index (χ0v) is 18.1. The summed E-state index contributed by atoms with van der Waals surface area (Å²) in [5, 5.41) is 6.85. The average Bonchev–Trinajstić information content (AvgIpc) is 3.47. The third kappa shape index (κ3) is 5.71. The molecule has 168 valence electrons. The lowest BCUT2D eigenvalue weighted by Gasteiger charge is -2.13. The minimum absolute atomic E-state index is 0.383. The normalized spacial score (nSPS) is 11.2. The van der Waals surface area contributed by atoms with Gasteiger partial charge in [-0.25, -0.2) is 4.79 Å². The quantitative estimate of drug-likeness (QED) is 0.197. The van der Waals surface area contributed by atoms with Gasteiger partial charge < -0.3 is 13.9 Å². The highest BCUT2D eigenvalue weighted by atomic mass is 16.5. The van der Waals surface area contributed by atoms with Crippen LogP contribution in [0.1, 0.15) is 31.2 Å². The predicted octanol–water partition coefficient (Wildman–Crippen LogP) is 1.84. The molecule has 0 aliphatic heterocycles. The predicted molar refractivity (Wildman–Crippen MR) is 114 cm³/mol. The van der Waals surface area contributed by atoms with Crippen LogP contribution in [-0.4, -0.2) is 33.4 Å². The topological polar surface area (TPSA) is 114 Å². The van der Waals surface area contributed by atoms with E-state index in [1.54, 1.807) is 31.4 Å². The van der Waals surface area contributed by atoms with Gasteiger partial charge in [-0.3, -0.25) is 0 Å². The molecule has 0 fully saturated rings. The van der Waals surface area contributed by atoms with Gasteiger partial charge in [0.25, 0.3) is 0 Å². The van der Waals surface area contributed by atoms with Gasteiger partial charge in [-0.15, -0.1) is 0 Å². The van der Waals surface area contributed by atoms with Crippen molar-refractivity contribution in [1.82, 2.24) is 20.2 Å². The van der Waals surface area contributed by atoms with Crippen molar-refractivity contribution in [3.05, 3.63) is 59.5 Å². The fraction of sp³-hybridized carbons (Fsp3) is 0.409. The maximum Gasteiger partial charge on any atom is 0.336 e. The van der Waals surface area contributed by atoms with Gasteiger partial charge in [-0.05, 0) is 48.1 Å². The minimum atomic E-state index is -0.383. The summed E-state index contributed by atoms with van der Waals surface area (Å²) >= 11 is 0. The summed E-state index contributed by atoms with van der Waals surface area (Å²) < 4.78 is 21.3. The molecule has 32 heavy (non-hydrogen) atoms. The lowest BCUT2D eigenvalue weighted by Crippen LogP contribution is -2.34. The van der Waals surface area contributed by atoms with Crippen molar-refractivity contribution >= 4 is 11.0 Å². The Bertz CT molecular complexity index is 1170. The molecule has 4 aromatic rings. The van der Waals surface area contributed by atoms with Crippen LogP contribution in [0.15, 0.2) is 52.7 Å². The van der Waals surface area contributed by atoms with E-state index in [-0.39, 0.29) is 5.63 Å². The van der Waals surface area contributed by atoms with Gasteiger partial charge in [0, 0.05) is 18.2 Å². The summed E-state index contributed by atoms with van der Waals surface area (Å²) in [6.07, 6.45) is 10.5. The maximum absolute atomic E-state index is 11.9. The number of hydrogen-bond donors (Lipinski definition) is 2. The second kappa shape index (κ2) is 10.6. The Morgan fingerprint density at radius 1 is 0.906 bits per heavy atom. The SMILES string of the molecule is Cc1cc(=O)oc2cc(OCCCC[n+]3cnc[nH]3)cc(OCCCC[n+]3cnc[nH]3)c12. The van der Waals surface area contributed by atoms with Crippen LogP contribution in [-0.2, 0) is 13.1 Å². The van der Waals surface area contributed by atoms with Crippen LogP contribution in [0.2, 0.25) is 0 Å². The van der Waals surface area contributed by atoms with Gasteiger partial charge in [-0.1, -0.05) is 0 Å². The number of aromatic nitrogens is 6. The van der Waals surface area contributed by atoms with Crippen LogP contribution >= 0.6 is 0 Å². The fourth-order valence-corrected chi connectivity index (χ4v) is 3.51. The third-order valence-electron chi connectivity index (χ3n) is 5.10. The van der Waals surface area contributed by atoms with E-state index in [2.05, 4.69) is 20.2 Å². The molecule has 4 rings (SSSR count). The van der Waals surface area contributed by atoms with E-state index < -0.39 is 0 Å². The Morgan fingerprint density at radius 3 is 2.19 bits per heavy atom. The maximum atomic E-state index is 11.9. The van der Waals surface area contributed by atoms with Crippen molar-refractivity contribution in [3.63, 3.8) is 0 Å². The lowest BCUT2D eigenvalue weighted by molar-refractivity contribution is -0.751. The first kappa shape index (κ1) is 21.5. The van der Waals surface area contributed by atoms with Gasteiger partial charge in [0.15, 0.2) is 0 Å². The van der Waals surface area contributed by atoms with Crippen molar-refractivity contribution in [1.29, 1.82) is 0 Å². The van der Waals surface area contributed by atoms with Crippen molar-refractivity contribution in [3.8, 4) is 11.5 Å². The molecule has 3 aromatic heterocycles. The highest BCUT2D eigenvalue weighted by Gasteiger charge is 2.13. The summed E-state index contributed by atoms with van der Waals surface area (Å²) in [6.45, 7) is 4.68. The number of ether oxygens (including phenoxy) is 2. The molecule has 2 N–H and O–H groups in total. The molecular weight excluding hydrogens is 412 g/mol. The number of benzene rings is 1. The van der Waals surface area contributed by atoms with E-state index in [1.165, 1.54) is 6.07 Å². The van der Waals surface area contributed by atoms with Gasteiger partial charge in [-0.2, -0.15) is 19.6 Å². The number of aryl methyl sites for hydroxylation is 3. The van der Waals surface area contributed by atoms with Crippen LogP contribution in [0, 0.1) is 6.92 Å². The summed E-state index contributed by atoms with van der Waals surface area (Å²) in [5.41, 5.74) is 0.914. The Labute approximate surface area is 184 Å². The molecule has 0 saturated heterocycles. The highest BCUT2D eigenvalue weighted by molar-refractivity contribution is 5.88. The van der Waals surface area contributed by atoms with Gasteiger partial charge in [0.05, 0.1) is 18.6 Å². The van der Waals surface area contributed by atoms with Crippen LogP contribution < -0.4 is 24.5 Å². The number of unbranched alkanes of at least 4 members (excludes halogenated alkanes) is 2. The summed E-state index contributed by atoms with van der Waals surface area (Å²) in [7, 11) is 0. The number of aromatic amines is 2. The first-order valence-corrected chi connectivity index (χ1v) is 10.8. The van der Waals surface area contributed by atoms with Gasteiger partial charge in [0.2, 0.25) is 12.7 Å². The zero-order chi connectivity index (χ0) is 22.2. The highest BCUT2D eigenvalue weighted by Crippen LogP contribution is 2.33. The number of nitrogens with one attached hydrogen (secondary N) is 2. The van der Waals surface area contributed by atoms with Crippen molar-refractivity contribution < 1.29 is 23.3 Å². The number of fused-ring (bicyclic) bond motifs is 1. The third-order valence-corrected chi connectivity index (χ3v) is 5.10. The molecule has 1 aromatic carbocycles. The lowest BCUT2D eigenvalue weighted by atomic mass is 10.1. The fourth-order valence-electron chi connectivity index (χ4n) is 3.51. The van der Waals surface area contributed by atoms with Gasteiger partial charge >= 0.3 is 18.3 Å². The van der Waals surface area contributed by atoms with E-state index in [1.807, 2.05) is 22.4 Å². The molecule has 0 spiro atoms. The largest absolute Gasteiger partial charge is 0.493 e. The number of rotatable bonds is 12. The van der Waals surface area contributed by atoms with E-state index in [4.69, 9.17) is 13.9 Å². The number of hydrogen-bond acceptors (Lipinski definition) is 6. The second-order valence-corrected chi connectivity index (χ2v) is 7.59. The molecule has 0 unspecified atom stereocenters. The number of nitrogens with zero attached hydrogens (tertiary/aromatic N) is 4. The number of H-pyrrole nitrogens is 2. The van der Waals surface area contributed by atoms with Gasteiger partial charge in [0.1, 0.15) is 30.2 Å². The Hall–Kier alpha value is -3.69. The van der Waals surface area contributed by atoms with E-state index in [9.17, 15) is 4.79 Å². The Balaban J connectivity index is 1.37. The molecule has 0 radical (unpaired) electrons. The molecule has 0 saturated carbocycles. The monoisotopic (exact) mass is 440 g/mol. The van der Waals surface area contributed by atoms with Crippen LogP contribution in [0.3, 0.4) is 0 Å². The zero-order valence-electron chi connectivity index (χ0n) is 18.1. The second-order valence-electron chi connectivity index (χ2n) is 7.59. The average molecular weight is 441 g/mol. The van der Waals surface area contributed by atoms with E-state index in [0.29, 0.717) is 30.3 Å². The van der Waals surface area contributed by atoms with E-state index in [0.717, 1.165) is 49.7 Å². The minimum Gasteiger partial charge on any atom is -0.493 e. The Kier molecular flexibility index (Phi) is 7.11. The van der Waals surface area contributed by atoms with Crippen molar-refractivity contribution in [2.24, 2.45) is 0 Å². The van der Waals surface area contributed by atoms with Crippen molar-refractivity contribution in [2.45, 2.75) is 45.7 Å². The van der Waals surface area contributed by atoms with E-state index >= 15 is 0 Å². The molecular formula is C22H28N6O4+2.